The van der Waals surface area contributed by atoms with Gasteiger partial charge in [0.1, 0.15) is 5.75 Å². The number of amides is 1. The minimum Gasteiger partial charge on any atom is -0.484 e. The molecule has 0 fully saturated rings. The van der Waals surface area contributed by atoms with Crippen LogP contribution < -0.4 is 15.4 Å². The van der Waals surface area contributed by atoms with Crippen molar-refractivity contribution in [3.8, 4) is 5.75 Å². The number of alkyl halides is 3. The number of likely N-dealkylation sites (N-methyl/N-ethyl adjacent to an activating group) is 1. The zero-order valence-electron chi connectivity index (χ0n) is 10.8. The fourth-order valence-corrected chi connectivity index (χ4v) is 1.29. The maximum Gasteiger partial charge on any atom is 0.416 e. The Hall–Kier alpha value is -1.47. The van der Waals surface area contributed by atoms with Crippen LogP contribution in [0.15, 0.2) is 24.3 Å². The van der Waals surface area contributed by atoms with Crippen LogP contribution in [-0.2, 0) is 11.0 Å². The number of hydrogen-bond acceptors (Lipinski definition) is 3. The summed E-state index contributed by atoms with van der Waals surface area (Å²) >= 11 is 0. The van der Waals surface area contributed by atoms with E-state index in [0.29, 0.717) is 13.1 Å². The molecule has 1 amide bonds. The van der Waals surface area contributed by atoms with Gasteiger partial charge in [-0.1, -0.05) is 6.07 Å². The third-order valence-electron chi connectivity index (χ3n) is 2.23. The summed E-state index contributed by atoms with van der Waals surface area (Å²) in [6, 6.07) is 4.41. The molecule has 1 aromatic carbocycles. The minimum absolute atomic E-state index is 0. The molecule has 0 atom stereocenters. The van der Waals surface area contributed by atoms with Gasteiger partial charge in [-0.2, -0.15) is 13.2 Å². The summed E-state index contributed by atoms with van der Waals surface area (Å²) in [6.07, 6.45) is -4.42. The number of rotatable bonds is 6. The highest BCUT2D eigenvalue weighted by Gasteiger charge is 2.30. The molecule has 2 N–H and O–H groups in total. The van der Waals surface area contributed by atoms with Crippen molar-refractivity contribution < 1.29 is 22.7 Å². The maximum absolute atomic E-state index is 12.4. The second kappa shape index (κ2) is 8.65. The van der Waals surface area contributed by atoms with Gasteiger partial charge in [-0.3, -0.25) is 4.79 Å². The quantitative estimate of drug-likeness (QED) is 0.788. The summed E-state index contributed by atoms with van der Waals surface area (Å²) in [6.45, 7) is 0.724. The molecule has 1 aromatic rings. The Kier molecular flexibility index (Phi) is 8.02. The molecule has 4 nitrogen and oxygen atoms in total. The van der Waals surface area contributed by atoms with Crippen LogP contribution >= 0.6 is 12.4 Å². The predicted molar refractivity (Wildman–Crippen MR) is 71.1 cm³/mol. The van der Waals surface area contributed by atoms with Gasteiger partial charge in [0.05, 0.1) is 5.56 Å². The largest absolute Gasteiger partial charge is 0.484 e. The molecule has 0 spiro atoms. The molecule has 0 saturated heterocycles. The Balaban J connectivity index is 0.00000361. The van der Waals surface area contributed by atoms with Crippen LogP contribution in [0.5, 0.6) is 5.75 Å². The zero-order valence-corrected chi connectivity index (χ0v) is 11.6. The summed E-state index contributed by atoms with van der Waals surface area (Å²) in [5.74, 6) is -0.369. The van der Waals surface area contributed by atoms with Crippen LogP contribution in [0.25, 0.3) is 0 Å². The SMILES string of the molecule is CNCCNC(=O)COc1cccc(C(F)(F)F)c1.Cl. The van der Waals surface area contributed by atoms with E-state index in [2.05, 4.69) is 10.6 Å². The topological polar surface area (TPSA) is 50.4 Å². The molecule has 8 heteroatoms. The van der Waals surface area contributed by atoms with Gasteiger partial charge in [0.25, 0.3) is 5.91 Å². The van der Waals surface area contributed by atoms with Crippen LogP contribution in [0, 0.1) is 0 Å². The molecule has 20 heavy (non-hydrogen) atoms. The van der Waals surface area contributed by atoms with E-state index in [1.165, 1.54) is 12.1 Å². The first-order valence-corrected chi connectivity index (χ1v) is 5.65. The predicted octanol–water partition coefficient (Wildman–Crippen LogP) is 1.84. The summed E-state index contributed by atoms with van der Waals surface area (Å²) in [4.78, 5) is 11.3. The number of benzene rings is 1. The van der Waals surface area contributed by atoms with E-state index in [0.717, 1.165) is 12.1 Å². The van der Waals surface area contributed by atoms with Gasteiger partial charge < -0.3 is 15.4 Å². The summed E-state index contributed by atoms with van der Waals surface area (Å²) in [7, 11) is 1.74. The van der Waals surface area contributed by atoms with Crippen LogP contribution in [0.4, 0.5) is 13.2 Å². The van der Waals surface area contributed by atoms with E-state index < -0.39 is 11.7 Å². The normalized spacial score (nSPS) is 10.6. The number of halogens is 4. The summed E-state index contributed by atoms with van der Waals surface area (Å²) < 4.78 is 42.3. The smallest absolute Gasteiger partial charge is 0.416 e. The number of carbonyl (C=O) groups is 1. The lowest BCUT2D eigenvalue weighted by Gasteiger charge is -2.10. The molecule has 1 rings (SSSR count). The highest BCUT2D eigenvalue weighted by atomic mass is 35.5. The maximum atomic E-state index is 12.4. The van der Waals surface area contributed by atoms with Crippen molar-refractivity contribution >= 4 is 18.3 Å². The minimum atomic E-state index is -4.42. The molecule has 0 bridgehead atoms. The van der Waals surface area contributed by atoms with Crippen molar-refractivity contribution in [1.82, 2.24) is 10.6 Å². The standard InChI is InChI=1S/C12H15F3N2O2.ClH/c1-16-5-6-17-11(18)8-19-10-4-2-3-9(7-10)12(13,14)15;/h2-4,7,16H,5-6,8H2,1H3,(H,17,18);1H. The number of hydrogen-bond donors (Lipinski definition) is 2. The van der Waals surface area contributed by atoms with Gasteiger partial charge in [-0.15, -0.1) is 12.4 Å². The average molecular weight is 313 g/mol. The van der Waals surface area contributed by atoms with Crippen molar-refractivity contribution in [1.29, 1.82) is 0 Å². The van der Waals surface area contributed by atoms with E-state index >= 15 is 0 Å². The molecule has 0 aliphatic carbocycles. The second-order valence-corrected chi connectivity index (χ2v) is 3.77. The number of ether oxygens (including phenoxy) is 1. The first kappa shape index (κ1) is 18.5. The summed E-state index contributed by atoms with van der Waals surface area (Å²) in [5.41, 5.74) is -0.805. The first-order valence-electron chi connectivity index (χ1n) is 5.65. The molecule has 0 aliphatic rings. The van der Waals surface area contributed by atoms with E-state index in [-0.39, 0.29) is 30.7 Å². The van der Waals surface area contributed by atoms with Crippen molar-refractivity contribution in [2.24, 2.45) is 0 Å². The van der Waals surface area contributed by atoms with E-state index in [4.69, 9.17) is 4.74 Å². The van der Waals surface area contributed by atoms with Gasteiger partial charge >= 0.3 is 6.18 Å². The molecule has 0 aromatic heterocycles. The average Bonchev–Trinajstić information content (AvgIpc) is 2.36. The Morgan fingerprint density at radius 3 is 2.60 bits per heavy atom. The Bertz CT molecular complexity index is 427. The Labute approximate surface area is 121 Å². The van der Waals surface area contributed by atoms with Gasteiger partial charge in [0.15, 0.2) is 6.61 Å². The molecule has 114 valence electrons. The van der Waals surface area contributed by atoms with Crippen LogP contribution in [0.2, 0.25) is 0 Å². The van der Waals surface area contributed by atoms with Crippen LogP contribution in [0.3, 0.4) is 0 Å². The van der Waals surface area contributed by atoms with E-state index in [9.17, 15) is 18.0 Å². The third kappa shape index (κ3) is 6.63. The molecular weight excluding hydrogens is 297 g/mol. The number of carbonyl (C=O) groups excluding carboxylic acids is 1. The molecule has 0 heterocycles. The van der Waals surface area contributed by atoms with Gasteiger partial charge in [-0.05, 0) is 25.2 Å². The van der Waals surface area contributed by atoms with Crippen LogP contribution in [0.1, 0.15) is 5.56 Å². The molecular formula is C12H16ClF3N2O2. The molecule has 0 unspecified atom stereocenters. The third-order valence-corrected chi connectivity index (χ3v) is 2.23. The van der Waals surface area contributed by atoms with Gasteiger partial charge in [0.2, 0.25) is 0 Å². The van der Waals surface area contributed by atoms with Crippen molar-refractivity contribution in [3.63, 3.8) is 0 Å². The van der Waals surface area contributed by atoms with E-state index in [1.54, 1.807) is 7.05 Å². The lowest BCUT2D eigenvalue weighted by atomic mass is 10.2. The second-order valence-electron chi connectivity index (χ2n) is 3.77. The fraction of sp³-hybridized carbons (Fsp3) is 0.417. The monoisotopic (exact) mass is 312 g/mol. The highest BCUT2D eigenvalue weighted by molar-refractivity contribution is 5.85. The first-order chi connectivity index (χ1) is 8.93. The highest BCUT2D eigenvalue weighted by Crippen LogP contribution is 2.31. The van der Waals surface area contributed by atoms with Crippen LogP contribution in [-0.4, -0.2) is 32.7 Å². The molecule has 0 radical (unpaired) electrons. The molecule has 0 aliphatic heterocycles. The summed E-state index contributed by atoms with van der Waals surface area (Å²) in [5, 5.41) is 5.39. The van der Waals surface area contributed by atoms with E-state index in [1.807, 2.05) is 0 Å². The fourth-order valence-electron chi connectivity index (χ4n) is 1.29. The number of nitrogens with one attached hydrogen (secondary N) is 2. The van der Waals surface area contributed by atoms with Crippen molar-refractivity contribution in [2.45, 2.75) is 6.18 Å². The lowest BCUT2D eigenvalue weighted by Crippen LogP contribution is -2.33. The molecule has 0 saturated carbocycles. The lowest BCUT2D eigenvalue weighted by molar-refractivity contribution is -0.137. The Morgan fingerprint density at radius 1 is 1.30 bits per heavy atom. The van der Waals surface area contributed by atoms with Gasteiger partial charge in [0, 0.05) is 13.1 Å². The van der Waals surface area contributed by atoms with Gasteiger partial charge in [-0.25, -0.2) is 0 Å². The van der Waals surface area contributed by atoms with Crippen molar-refractivity contribution in [2.75, 3.05) is 26.7 Å². The zero-order chi connectivity index (χ0) is 14.3. The van der Waals surface area contributed by atoms with Crippen molar-refractivity contribution in [3.05, 3.63) is 29.8 Å². The Morgan fingerprint density at radius 2 is 2.00 bits per heavy atom.